The van der Waals surface area contributed by atoms with E-state index in [2.05, 4.69) is 4.90 Å². The number of halogens is 1. The van der Waals surface area contributed by atoms with Crippen molar-refractivity contribution in [1.82, 2.24) is 9.21 Å². The Hall–Kier alpha value is -1.96. The van der Waals surface area contributed by atoms with Crippen LogP contribution in [0.3, 0.4) is 0 Å². The molecule has 1 aliphatic carbocycles. The van der Waals surface area contributed by atoms with E-state index >= 15 is 0 Å². The van der Waals surface area contributed by atoms with E-state index in [-0.39, 0.29) is 11.6 Å². The van der Waals surface area contributed by atoms with E-state index in [4.69, 9.17) is 4.74 Å². The van der Waals surface area contributed by atoms with E-state index in [1.807, 2.05) is 18.2 Å². The monoisotopic (exact) mass is 404 g/mol. The predicted molar refractivity (Wildman–Crippen MR) is 105 cm³/mol. The van der Waals surface area contributed by atoms with Crippen LogP contribution >= 0.6 is 0 Å². The smallest absolute Gasteiger partial charge is 0.243 e. The van der Waals surface area contributed by atoms with Crippen LogP contribution in [0.4, 0.5) is 4.39 Å². The van der Waals surface area contributed by atoms with Crippen molar-refractivity contribution < 1.29 is 17.5 Å². The molecule has 2 aromatic rings. The normalized spacial score (nSPS) is 18.2. The summed E-state index contributed by atoms with van der Waals surface area (Å²) in [6, 6.07) is 10.5. The van der Waals surface area contributed by atoms with E-state index in [1.165, 1.54) is 24.3 Å². The van der Waals surface area contributed by atoms with E-state index < -0.39 is 10.0 Å². The van der Waals surface area contributed by atoms with Gasteiger partial charge in [-0.2, -0.15) is 4.31 Å². The van der Waals surface area contributed by atoms with Crippen LogP contribution in [0.2, 0.25) is 0 Å². The molecule has 2 aromatic carbocycles. The number of hydrogen-bond donors (Lipinski definition) is 0. The second-order valence-electron chi connectivity index (χ2n) is 7.43. The Morgan fingerprint density at radius 1 is 1.00 bits per heavy atom. The highest BCUT2D eigenvalue weighted by molar-refractivity contribution is 7.89. The van der Waals surface area contributed by atoms with Crippen LogP contribution in [-0.4, -0.2) is 50.9 Å². The lowest BCUT2D eigenvalue weighted by molar-refractivity contribution is 0.181. The number of fused-ring (bicyclic) bond motifs is 1. The van der Waals surface area contributed by atoms with Crippen LogP contribution in [0.15, 0.2) is 41.3 Å². The molecular formula is C21H25FN2O3S. The third kappa shape index (κ3) is 3.79. The van der Waals surface area contributed by atoms with Crippen LogP contribution in [-0.2, 0) is 29.4 Å². The lowest BCUT2D eigenvalue weighted by Crippen LogP contribution is -2.48. The van der Waals surface area contributed by atoms with E-state index in [1.54, 1.807) is 16.4 Å². The van der Waals surface area contributed by atoms with Crippen LogP contribution in [0.1, 0.15) is 23.1 Å². The minimum Gasteiger partial charge on any atom is -0.494 e. The number of sulfonamides is 1. The first-order valence-corrected chi connectivity index (χ1v) is 11.1. The summed E-state index contributed by atoms with van der Waals surface area (Å²) in [5, 5.41) is 0. The van der Waals surface area contributed by atoms with Gasteiger partial charge in [-0.15, -0.1) is 0 Å². The van der Waals surface area contributed by atoms with Gasteiger partial charge in [0.15, 0.2) is 11.6 Å². The van der Waals surface area contributed by atoms with Crippen LogP contribution < -0.4 is 4.74 Å². The Balaban J connectivity index is 1.40. The highest BCUT2D eigenvalue weighted by atomic mass is 32.2. The molecule has 0 spiro atoms. The number of rotatable bonds is 5. The summed E-state index contributed by atoms with van der Waals surface area (Å²) in [7, 11) is -2.02. The average Bonchev–Trinajstić information content (AvgIpc) is 3.16. The summed E-state index contributed by atoms with van der Waals surface area (Å²) in [5.74, 6) is -0.146. The summed E-state index contributed by atoms with van der Waals surface area (Å²) in [6.07, 6.45) is 3.11. The molecule has 2 aliphatic rings. The molecule has 0 aromatic heterocycles. The van der Waals surface area contributed by atoms with Gasteiger partial charge in [-0.3, -0.25) is 4.90 Å². The quantitative estimate of drug-likeness (QED) is 0.769. The molecule has 0 bridgehead atoms. The van der Waals surface area contributed by atoms with Crippen molar-refractivity contribution in [3.63, 3.8) is 0 Å². The lowest BCUT2D eigenvalue weighted by atomic mass is 10.1. The molecule has 0 saturated carbocycles. The maximum atomic E-state index is 13.9. The molecule has 0 amide bonds. The molecular weight excluding hydrogens is 379 g/mol. The molecule has 5 nitrogen and oxygen atoms in total. The molecule has 0 atom stereocenters. The Morgan fingerprint density at radius 2 is 1.75 bits per heavy atom. The molecule has 4 rings (SSSR count). The molecule has 1 fully saturated rings. The van der Waals surface area contributed by atoms with Crippen molar-refractivity contribution in [2.45, 2.75) is 30.7 Å². The fourth-order valence-corrected chi connectivity index (χ4v) is 5.53. The molecule has 0 radical (unpaired) electrons. The van der Waals surface area contributed by atoms with Crippen molar-refractivity contribution in [2.75, 3.05) is 33.3 Å². The largest absolute Gasteiger partial charge is 0.494 e. The molecule has 150 valence electrons. The fourth-order valence-electron chi connectivity index (χ4n) is 4.05. The number of methoxy groups -OCH3 is 1. The number of ether oxygens (including phenoxy) is 1. The number of aryl methyl sites for hydroxylation is 2. The van der Waals surface area contributed by atoms with Gasteiger partial charge in [-0.25, -0.2) is 12.8 Å². The summed E-state index contributed by atoms with van der Waals surface area (Å²) in [5.41, 5.74) is 3.30. The van der Waals surface area contributed by atoms with Gasteiger partial charge in [0.2, 0.25) is 10.0 Å². The third-order valence-corrected chi connectivity index (χ3v) is 7.56. The summed E-state index contributed by atoms with van der Waals surface area (Å²) < 4.78 is 46.4. The SMILES string of the molecule is COc1ccc(CN2CCN(S(=O)(=O)c3ccc4c(c3)CCC4)CC2)cc1F. The van der Waals surface area contributed by atoms with Crippen LogP contribution in [0.5, 0.6) is 5.75 Å². The Kier molecular flexibility index (Phi) is 5.40. The number of hydrogen-bond acceptors (Lipinski definition) is 4. The number of piperazine rings is 1. The van der Waals surface area contributed by atoms with E-state index in [0.29, 0.717) is 37.6 Å². The molecule has 28 heavy (non-hydrogen) atoms. The first-order valence-electron chi connectivity index (χ1n) is 9.64. The third-order valence-electron chi connectivity index (χ3n) is 5.66. The highest BCUT2D eigenvalue weighted by Gasteiger charge is 2.29. The molecule has 0 N–H and O–H groups in total. The van der Waals surface area contributed by atoms with Gasteiger partial charge < -0.3 is 4.74 Å². The van der Waals surface area contributed by atoms with Gasteiger partial charge in [0.25, 0.3) is 0 Å². The zero-order chi connectivity index (χ0) is 19.7. The Bertz CT molecular complexity index is 970. The highest BCUT2D eigenvalue weighted by Crippen LogP contribution is 2.27. The first-order chi connectivity index (χ1) is 13.5. The molecule has 0 unspecified atom stereocenters. The Morgan fingerprint density at radius 3 is 2.46 bits per heavy atom. The van der Waals surface area contributed by atoms with E-state index in [0.717, 1.165) is 24.8 Å². The maximum Gasteiger partial charge on any atom is 0.243 e. The van der Waals surface area contributed by atoms with Crippen molar-refractivity contribution in [3.05, 3.63) is 58.9 Å². The van der Waals surface area contributed by atoms with Crippen molar-refractivity contribution in [3.8, 4) is 5.75 Å². The summed E-state index contributed by atoms with van der Waals surface area (Å²) >= 11 is 0. The van der Waals surface area contributed by atoms with Crippen LogP contribution in [0, 0.1) is 5.82 Å². The summed E-state index contributed by atoms with van der Waals surface area (Å²) in [4.78, 5) is 2.55. The minimum absolute atomic E-state index is 0.231. The predicted octanol–water partition coefficient (Wildman–Crippen LogP) is 2.83. The van der Waals surface area contributed by atoms with Gasteiger partial charge in [-0.05, 0) is 60.2 Å². The minimum atomic E-state index is -3.47. The zero-order valence-electron chi connectivity index (χ0n) is 16.0. The first kappa shape index (κ1) is 19.4. The Labute approximate surface area is 165 Å². The maximum absolute atomic E-state index is 13.9. The van der Waals surface area contributed by atoms with Gasteiger partial charge in [0.1, 0.15) is 0 Å². The second-order valence-corrected chi connectivity index (χ2v) is 9.37. The number of nitrogens with zero attached hydrogens (tertiary/aromatic N) is 2. The van der Waals surface area contributed by atoms with Gasteiger partial charge in [-0.1, -0.05) is 12.1 Å². The van der Waals surface area contributed by atoms with Gasteiger partial charge in [0.05, 0.1) is 12.0 Å². The van der Waals surface area contributed by atoms with Crippen molar-refractivity contribution in [1.29, 1.82) is 0 Å². The average molecular weight is 405 g/mol. The summed E-state index contributed by atoms with van der Waals surface area (Å²) in [6.45, 7) is 2.72. The van der Waals surface area contributed by atoms with E-state index in [9.17, 15) is 12.8 Å². The van der Waals surface area contributed by atoms with Crippen molar-refractivity contribution in [2.24, 2.45) is 0 Å². The lowest BCUT2D eigenvalue weighted by Gasteiger charge is -2.34. The molecule has 7 heteroatoms. The zero-order valence-corrected chi connectivity index (χ0v) is 16.8. The molecule has 1 heterocycles. The second kappa shape index (κ2) is 7.81. The number of benzene rings is 2. The van der Waals surface area contributed by atoms with Crippen molar-refractivity contribution >= 4 is 10.0 Å². The van der Waals surface area contributed by atoms with Gasteiger partial charge in [0, 0.05) is 32.7 Å². The molecule has 1 aliphatic heterocycles. The van der Waals surface area contributed by atoms with Crippen LogP contribution in [0.25, 0.3) is 0 Å². The standard InChI is InChI=1S/C21H25FN2O3S/c1-27-21-8-5-16(13-20(21)22)15-23-9-11-24(12-10-23)28(25,26)19-7-6-17-3-2-4-18(17)14-19/h5-8,13-14H,2-4,9-12,15H2,1H3. The van der Waals surface area contributed by atoms with Gasteiger partial charge >= 0.3 is 0 Å². The fraction of sp³-hybridized carbons (Fsp3) is 0.429. The topological polar surface area (TPSA) is 49.9 Å². The molecule has 1 saturated heterocycles.